The zero-order chi connectivity index (χ0) is 19.6. The van der Waals surface area contributed by atoms with Gasteiger partial charge in [-0.2, -0.15) is 0 Å². The summed E-state index contributed by atoms with van der Waals surface area (Å²) in [6.07, 6.45) is 4.14. The highest BCUT2D eigenvalue weighted by Gasteiger charge is 2.18. The quantitative estimate of drug-likeness (QED) is 0.718. The fraction of sp³-hybridized carbons (Fsp3) is 0.278. The number of rotatable bonds is 5. The molecule has 9 heteroatoms. The van der Waals surface area contributed by atoms with E-state index < -0.39 is 5.82 Å². The average molecular weight is 369 g/mol. The molecule has 0 atom stereocenters. The van der Waals surface area contributed by atoms with E-state index in [9.17, 15) is 9.18 Å². The van der Waals surface area contributed by atoms with Gasteiger partial charge in [-0.05, 0) is 32.9 Å². The SMILES string of the molecule is CNC(=O)c1ccc(Nc2ncc(F)c(-c3cnc(C)n3C(C)C)n2)nc1. The smallest absolute Gasteiger partial charge is 0.252 e. The highest BCUT2D eigenvalue weighted by Crippen LogP contribution is 2.26. The molecule has 0 aromatic carbocycles. The van der Waals surface area contributed by atoms with E-state index in [-0.39, 0.29) is 23.6 Å². The summed E-state index contributed by atoms with van der Waals surface area (Å²) in [6.45, 7) is 5.85. The van der Waals surface area contributed by atoms with E-state index >= 15 is 0 Å². The minimum Gasteiger partial charge on any atom is -0.355 e. The first-order chi connectivity index (χ1) is 12.9. The Morgan fingerprint density at radius 1 is 1.15 bits per heavy atom. The maximum atomic E-state index is 14.4. The van der Waals surface area contributed by atoms with E-state index in [2.05, 4.69) is 30.6 Å². The van der Waals surface area contributed by atoms with Crippen molar-refractivity contribution in [3.8, 4) is 11.4 Å². The normalized spacial score (nSPS) is 10.9. The minimum absolute atomic E-state index is 0.104. The fourth-order valence-electron chi connectivity index (χ4n) is 2.75. The molecule has 3 aromatic heterocycles. The first-order valence-corrected chi connectivity index (χ1v) is 8.42. The lowest BCUT2D eigenvalue weighted by molar-refractivity contribution is 0.0963. The standard InChI is InChI=1S/C18H20FN7O/c1-10(2)26-11(3)21-9-14(26)16-13(19)8-23-18(25-16)24-15-6-5-12(7-22-15)17(27)20-4/h5-10H,1-4H3,(H,20,27)(H,22,23,24,25). The Hall–Kier alpha value is -3.36. The molecule has 3 rings (SSSR count). The number of aryl methyl sites for hydroxylation is 1. The van der Waals surface area contributed by atoms with E-state index in [1.54, 1.807) is 25.4 Å². The number of hydrogen-bond donors (Lipinski definition) is 2. The first-order valence-electron chi connectivity index (χ1n) is 8.42. The number of aromatic nitrogens is 5. The third-order valence-electron chi connectivity index (χ3n) is 3.98. The van der Waals surface area contributed by atoms with Crippen LogP contribution in [0.1, 0.15) is 36.1 Å². The van der Waals surface area contributed by atoms with Gasteiger partial charge in [0, 0.05) is 19.3 Å². The largest absolute Gasteiger partial charge is 0.355 e. The molecule has 0 saturated heterocycles. The molecule has 0 aliphatic rings. The molecule has 0 aliphatic heterocycles. The van der Waals surface area contributed by atoms with Crippen LogP contribution in [0, 0.1) is 12.7 Å². The van der Waals surface area contributed by atoms with Crippen molar-refractivity contribution in [1.29, 1.82) is 0 Å². The van der Waals surface area contributed by atoms with Crippen LogP contribution >= 0.6 is 0 Å². The van der Waals surface area contributed by atoms with Gasteiger partial charge in [-0.25, -0.2) is 24.3 Å². The second-order valence-corrected chi connectivity index (χ2v) is 6.18. The van der Waals surface area contributed by atoms with Crippen LogP contribution in [-0.2, 0) is 0 Å². The van der Waals surface area contributed by atoms with Crippen LogP contribution in [0.25, 0.3) is 11.4 Å². The van der Waals surface area contributed by atoms with Gasteiger partial charge in [0.05, 0.1) is 23.7 Å². The molecule has 1 amide bonds. The van der Waals surface area contributed by atoms with Crippen molar-refractivity contribution in [3.63, 3.8) is 0 Å². The van der Waals surface area contributed by atoms with Gasteiger partial charge in [0.2, 0.25) is 5.95 Å². The lowest BCUT2D eigenvalue weighted by atomic mass is 10.2. The summed E-state index contributed by atoms with van der Waals surface area (Å²) in [6, 6.07) is 3.35. The van der Waals surface area contributed by atoms with Crippen molar-refractivity contribution in [2.75, 3.05) is 12.4 Å². The Balaban J connectivity index is 1.91. The molecule has 0 unspecified atom stereocenters. The highest BCUT2D eigenvalue weighted by atomic mass is 19.1. The molecule has 3 aromatic rings. The molecule has 2 N–H and O–H groups in total. The molecule has 8 nitrogen and oxygen atoms in total. The van der Waals surface area contributed by atoms with Crippen LogP contribution in [0.15, 0.2) is 30.7 Å². The predicted molar refractivity (Wildman–Crippen MR) is 99.2 cm³/mol. The molecule has 0 bridgehead atoms. The van der Waals surface area contributed by atoms with E-state index in [0.717, 1.165) is 12.0 Å². The maximum Gasteiger partial charge on any atom is 0.252 e. The van der Waals surface area contributed by atoms with Gasteiger partial charge in [0.15, 0.2) is 5.82 Å². The van der Waals surface area contributed by atoms with Gasteiger partial charge in [-0.3, -0.25) is 4.79 Å². The number of pyridine rings is 1. The van der Waals surface area contributed by atoms with Gasteiger partial charge in [-0.15, -0.1) is 0 Å². The molecule has 0 saturated carbocycles. The van der Waals surface area contributed by atoms with Gasteiger partial charge in [0.25, 0.3) is 5.91 Å². The topological polar surface area (TPSA) is 97.6 Å². The number of nitrogens with zero attached hydrogens (tertiary/aromatic N) is 5. The third-order valence-corrected chi connectivity index (χ3v) is 3.98. The Labute approximate surface area is 155 Å². The van der Waals surface area contributed by atoms with Crippen LogP contribution < -0.4 is 10.6 Å². The third kappa shape index (κ3) is 3.76. The van der Waals surface area contributed by atoms with Gasteiger partial charge in [0.1, 0.15) is 17.3 Å². The predicted octanol–water partition coefficient (Wildman–Crippen LogP) is 2.87. The zero-order valence-corrected chi connectivity index (χ0v) is 15.5. The number of imidazole rings is 1. The maximum absolute atomic E-state index is 14.4. The molecule has 0 aliphatic carbocycles. The van der Waals surface area contributed by atoms with Crippen LogP contribution in [0.4, 0.5) is 16.2 Å². The van der Waals surface area contributed by atoms with Crippen molar-refractivity contribution < 1.29 is 9.18 Å². The van der Waals surface area contributed by atoms with E-state index in [4.69, 9.17) is 0 Å². The lowest BCUT2D eigenvalue weighted by Crippen LogP contribution is -2.17. The van der Waals surface area contributed by atoms with Crippen molar-refractivity contribution in [2.45, 2.75) is 26.8 Å². The van der Waals surface area contributed by atoms with Gasteiger partial charge in [-0.1, -0.05) is 0 Å². The second kappa shape index (κ2) is 7.48. The lowest BCUT2D eigenvalue weighted by Gasteiger charge is -2.14. The molecule has 140 valence electrons. The van der Waals surface area contributed by atoms with Crippen molar-refractivity contribution >= 4 is 17.7 Å². The average Bonchev–Trinajstić information content (AvgIpc) is 3.05. The summed E-state index contributed by atoms with van der Waals surface area (Å²) in [7, 11) is 1.55. The molecular weight excluding hydrogens is 349 g/mol. The number of amides is 1. The zero-order valence-electron chi connectivity index (χ0n) is 15.5. The Morgan fingerprint density at radius 2 is 1.93 bits per heavy atom. The monoisotopic (exact) mass is 369 g/mol. The summed E-state index contributed by atoms with van der Waals surface area (Å²) < 4.78 is 16.3. The molecule has 27 heavy (non-hydrogen) atoms. The number of halogens is 1. The molecule has 0 radical (unpaired) electrons. The van der Waals surface area contributed by atoms with E-state index in [1.165, 1.54) is 6.20 Å². The molecule has 0 fully saturated rings. The summed E-state index contributed by atoms with van der Waals surface area (Å²) >= 11 is 0. The second-order valence-electron chi connectivity index (χ2n) is 6.18. The molecule has 0 spiro atoms. The van der Waals surface area contributed by atoms with Crippen LogP contribution in [0.3, 0.4) is 0 Å². The van der Waals surface area contributed by atoms with Crippen molar-refractivity contribution in [3.05, 3.63) is 47.9 Å². The minimum atomic E-state index is -0.537. The number of nitrogens with one attached hydrogen (secondary N) is 2. The fourth-order valence-corrected chi connectivity index (χ4v) is 2.75. The summed E-state index contributed by atoms with van der Waals surface area (Å²) in [5.41, 5.74) is 1.16. The summed E-state index contributed by atoms with van der Waals surface area (Å²) in [4.78, 5) is 28.2. The number of carbonyl (C=O) groups is 1. The number of carbonyl (C=O) groups excluding carboxylic acids is 1. The van der Waals surface area contributed by atoms with Crippen LogP contribution in [0.2, 0.25) is 0 Å². The van der Waals surface area contributed by atoms with Gasteiger partial charge < -0.3 is 15.2 Å². The first kappa shape index (κ1) is 18.4. The van der Waals surface area contributed by atoms with Crippen LogP contribution in [-0.4, -0.2) is 37.5 Å². The van der Waals surface area contributed by atoms with E-state index in [0.29, 0.717) is 17.1 Å². The highest BCUT2D eigenvalue weighted by molar-refractivity contribution is 5.93. The Morgan fingerprint density at radius 3 is 2.56 bits per heavy atom. The Bertz CT molecular complexity index is 966. The number of anilines is 2. The van der Waals surface area contributed by atoms with E-state index in [1.807, 2.05) is 25.3 Å². The Kier molecular flexibility index (Phi) is 5.11. The number of hydrogen-bond acceptors (Lipinski definition) is 6. The molecule has 3 heterocycles. The summed E-state index contributed by atoms with van der Waals surface area (Å²) in [5, 5.41) is 5.44. The summed E-state index contributed by atoms with van der Waals surface area (Å²) in [5.74, 6) is 0.644. The van der Waals surface area contributed by atoms with Crippen molar-refractivity contribution in [2.24, 2.45) is 0 Å². The van der Waals surface area contributed by atoms with Crippen LogP contribution in [0.5, 0.6) is 0 Å². The molecular formula is C18H20FN7O. The van der Waals surface area contributed by atoms with Gasteiger partial charge >= 0.3 is 0 Å². The van der Waals surface area contributed by atoms with Crippen molar-refractivity contribution in [1.82, 2.24) is 29.8 Å².